The third-order valence-corrected chi connectivity index (χ3v) is 3.06. The van der Waals surface area contributed by atoms with Crippen molar-refractivity contribution >= 4 is 17.0 Å². The van der Waals surface area contributed by atoms with E-state index >= 15 is 0 Å². The average molecular weight is 322 g/mol. The van der Waals surface area contributed by atoms with Crippen molar-refractivity contribution in [3.05, 3.63) is 72.7 Å². The Balaban J connectivity index is 0.00000133. The standard InChI is InChI=1S/C16H13N2.Y/c1-2-15-11-13-7-3-4-9-16(13)18(15)12-14-8-5-6-10-17-14;/h1-11H,12H2;/q-1;. The molecular formula is C16H13N2Y-. The number of hydrogen-bond donors (Lipinski definition) is 0. The summed E-state index contributed by atoms with van der Waals surface area (Å²) in [7, 11) is 0. The maximum Gasteiger partial charge on any atom is 0.0585 e. The molecule has 3 rings (SSSR count). The van der Waals surface area contributed by atoms with Crippen molar-refractivity contribution in [3.63, 3.8) is 0 Å². The molecule has 2 aromatic heterocycles. The van der Waals surface area contributed by atoms with Gasteiger partial charge in [0.25, 0.3) is 0 Å². The summed E-state index contributed by atoms with van der Waals surface area (Å²) in [6.45, 7) is 6.44. The van der Waals surface area contributed by atoms with E-state index < -0.39 is 0 Å². The van der Waals surface area contributed by atoms with Crippen LogP contribution in [0.15, 0.2) is 54.7 Å². The Hall–Kier alpha value is -1.25. The van der Waals surface area contributed by atoms with Crippen LogP contribution in [0.3, 0.4) is 0 Å². The van der Waals surface area contributed by atoms with E-state index in [4.69, 9.17) is 6.58 Å². The van der Waals surface area contributed by atoms with E-state index in [1.807, 2.05) is 36.5 Å². The van der Waals surface area contributed by atoms with Crippen molar-refractivity contribution < 1.29 is 32.7 Å². The number of aromatic nitrogens is 2. The number of nitrogens with zero attached hydrogens (tertiary/aromatic N) is 2. The Morgan fingerprint density at radius 2 is 1.89 bits per heavy atom. The fourth-order valence-electron chi connectivity index (χ4n) is 2.20. The van der Waals surface area contributed by atoms with E-state index in [-0.39, 0.29) is 32.7 Å². The van der Waals surface area contributed by atoms with Crippen molar-refractivity contribution in [1.29, 1.82) is 0 Å². The van der Waals surface area contributed by atoms with Crippen molar-refractivity contribution in [1.82, 2.24) is 9.55 Å². The molecule has 0 fully saturated rings. The fraction of sp³-hybridized carbons (Fsp3) is 0.0625. The van der Waals surface area contributed by atoms with E-state index in [0.29, 0.717) is 0 Å². The number of pyridine rings is 1. The molecule has 19 heavy (non-hydrogen) atoms. The monoisotopic (exact) mass is 322 g/mol. The Morgan fingerprint density at radius 1 is 1.11 bits per heavy atom. The third-order valence-electron chi connectivity index (χ3n) is 3.06. The zero-order chi connectivity index (χ0) is 12.4. The Labute approximate surface area is 138 Å². The van der Waals surface area contributed by atoms with Gasteiger partial charge in [0.2, 0.25) is 0 Å². The number of benzene rings is 1. The predicted octanol–water partition coefficient (Wildman–Crippen LogP) is 3.53. The van der Waals surface area contributed by atoms with Crippen LogP contribution in [0.25, 0.3) is 17.0 Å². The molecule has 3 aromatic rings. The molecule has 0 unspecified atom stereocenters. The molecule has 0 amide bonds. The number of hydrogen-bond acceptors (Lipinski definition) is 1. The van der Waals surface area contributed by atoms with Gasteiger partial charge in [0.05, 0.1) is 5.69 Å². The molecule has 2 heterocycles. The zero-order valence-corrected chi connectivity index (χ0v) is 13.4. The van der Waals surface area contributed by atoms with E-state index in [0.717, 1.165) is 17.9 Å². The van der Waals surface area contributed by atoms with Crippen LogP contribution in [0.5, 0.6) is 0 Å². The van der Waals surface area contributed by atoms with Crippen LogP contribution >= 0.6 is 0 Å². The maximum atomic E-state index is 5.70. The van der Waals surface area contributed by atoms with E-state index in [1.165, 1.54) is 10.9 Å². The van der Waals surface area contributed by atoms with Crippen molar-refractivity contribution in [2.75, 3.05) is 0 Å². The van der Waals surface area contributed by atoms with Gasteiger partial charge in [-0.2, -0.15) is 0 Å². The molecule has 0 aliphatic rings. The fourth-order valence-corrected chi connectivity index (χ4v) is 2.20. The average Bonchev–Trinajstić information content (AvgIpc) is 2.78. The quantitative estimate of drug-likeness (QED) is 0.675. The molecular weight excluding hydrogens is 309 g/mol. The minimum atomic E-state index is 0. The molecule has 0 spiro atoms. The summed E-state index contributed by atoms with van der Waals surface area (Å²) in [5.41, 5.74) is 3.23. The normalized spacial score (nSPS) is 10.1. The zero-order valence-electron chi connectivity index (χ0n) is 10.5. The minimum absolute atomic E-state index is 0. The minimum Gasteiger partial charge on any atom is -0.415 e. The van der Waals surface area contributed by atoms with Gasteiger partial charge in [-0.3, -0.25) is 11.6 Å². The molecule has 0 N–H and O–H groups in total. The van der Waals surface area contributed by atoms with Gasteiger partial charge in [-0.15, -0.1) is 11.8 Å². The molecule has 0 aliphatic carbocycles. The molecule has 0 saturated carbocycles. The Morgan fingerprint density at radius 3 is 2.63 bits per heavy atom. The van der Waals surface area contributed by atoms with Gasteiger partial charge in [0.15, 0.2) is 0 Å². The molecule has 0 bridgehead atoms. The second-order valence-electron chi connectivity index (χ2n) is 4.20. The van der Waals surface area contributed by atoms with Gasteiger partial charge >= 0.3 is 0 Å². The molecule has 3 heteroatoms. The molecule has 0 atom stereocenters. The van der Waals surface area contributed by atoms with Gasteiger partial charge < -0.3 is 4.57 Å². The van der Waals surface area contributed by atoms with Crippen molar-refractivity contribution in [3.8, 4) is 0 Å². The predicted molar refractivity (Wildman–Crippen MR) is 74.0 cm³/mol. The van der Waals surface area contributed by atoms with Crippen LogP contribution in [0, 0.1) is 6.58 Å². The van der Waals surface area contributed by atoms with Crippen molar-refractivity contribution in [2.24, 2.45) is 0 Å². The second kappa shape index (κ2) is 6.27. The van der Waals surface area contributed by atoms with E-state index in [1.54, 1.807) is 6.08 Å². The molecule has 1 aromatic carbocycles. The first-order chi connectivity index (χ1) is 8.88. The van der Waals surface area contributed by atoms with Crippen LogP contribution in [-0.4, -0.2) is 9.55 Å². The molecule has 0 saturated heterocycles. The van der Waals surface area contributed by atoms with Gasteiger partial charge in [0.1, 0.15) is 0 Å². The van der Waals surface area contributed by atoms with Crippen LogP contribution in [0.1, 0.15) is 11.4 Å². The first kappa shape index (κ1) is 14.2. The first-order valence-electron chi connectivity index (χ1n) is 5.91. The largest absolute Gasteiger partial charge is 0.415 e. The Kier molecular flexibility index (Phi) is 4.68. The van der Waals surface area contributed by atoms with E-state index in [9.17, 15) is 0 Å². The van der Waals surface area contributed by atoms with Gasteiger partial charge in [-0.05, 0) is 23.6 Å². The third kappa shape index (κ3) is 2.85. The summed E-state index contributed by atoms with van der Waals surface area (Å²) in [5, 5.41) is 1.20. The van der Waals surface area contributed by atoms with Crippen molar-refractivity contribution in [2.45, 2.75) is 6.54 Å². The summed E-state index contributed by atoms with van der Waals surface area (Å²) in [4.78, 5) is 4.36. The van der Waals surface area contributed by atoms with Crippen LogP contribution in [0.4, 0.5) is 0 Å². The number of fused-ring (bicyclic) bond motifs is 1. The summed E-state index contributed by atoms with van der Waals surface area (Å²) >= 11 is 0. The number of para-hydroxylation sites is 1. The maximum absolute atomic E-state index is 5.70. The first-order valence-corrected chi connectivity index (χ1v) is 5.91. The summed E-state index contributed by atoms with van der Waals surface area (Å²) in [6, 6.07) is 16.3. The second-order valence-corrected chi connectivity index (χ2v) is 4.20. The van der Waals surface area contributed by atoms with Gasteiger partial charge in [-0.25, -0.2) is 6.08 Å². The molecule has 0 aliphatic heterocycles. The molecule has 1 radical (unpaired) electrons. The van der Waals surface area contributed by atoms with Gasteiger partial charge in [0, 0.05) is 51.0 Å². The SMILES string of the molecule is [CH-]=Cc1cc2ccccc2n1Cc1ccccn1.[Y]. The number of rotatable bonds is 3. The Bertz CT molecular complexity index is 686. The summed E-state index contributed by atoms with van der Waals surface area (Å²) < 4.78 is 2.18. The van der Waals surface area contributed by atoms with Crippen LogP contribution in [-0.2, 0) is 39.3 Å². The molecule has 91 valence electrons. The van der Waals surface area contributed by atoms with Crippen LogP contribution < -0.4 is 0 Å². The summed E-state index contributed by atoms with van der Waals surface area (Å²) in [5.74, 6) is 0. The van der Waals surface area contributed by atoms with E-state index in [2.05, 4.69) is 27.8 Å². The van der Waals surface area contributed by atoms with Gasteiger partial charge in [-0.1, -0.05) is 24.3 Å². The topological polar surface area (TPSA) is 17.8 Å². The van der Waals surface area contributed by atoms with Crippen LogP contribution in [0.2, 0.25) is 0 Å². The smallest absolute Gasteiger partial charge is 0.0585 e. The summed E-state index contributed by atoms with van der Waals surface area (Å²) in [6.07, 6.45) is 3.45. The molecule has 2 nitrogen and oxygen atoms in total.